The van der Waals surface area contributed by atoms with Gasteiger partial charge in [-0.25, -0.2) is 14.4 Å². The summed E-state index contributed by atoms with van der Waals surface area (Å²) >= 11 is 3.34. The van der Waals surface area contributed by atoms with Crippen LogP contribution >= 0.6 is 15.9 Å². The molecule has 0 N–H and O–H groups in total. The fourth-order valence-electron chi connectivity index (χ4n) is 2.82. The zero-order valence-corrected chi connectivity index (χ0v) is 12.7. The van der Waals surface area contributed by atoms with Crippen LogP contribution in [0.15, 0.2) is 41.1 Å². The number of anilines is 1. The van der Waals surface area contributed by atoms with Crippen molar-refractivity contribution in [2.75, 3.05) is 11.4 Å². The minimum absolute atomic E-state index is 0.131. The third-order valence-corrected chi connectivity index (χ3v) is 4.16. The standard InChI is InChI=1S/C15H15BrFN3/c1-10-5-6-20(15-18-8-12(16)9-19-15)14(10)11-3-2-4-13(17)7-11/h2-4,7-10,14H,5-6H2,1H3. The summed E-state index contributed by atoms with van der Waals surface area (Å²) in [6.45, 7) is 3.08. The Kier molecular flexibility index (Phi) is 3.70. The van der Waals surface area contributed by atoms with Crippen LogP contribution in [0.25, 0.3) is 0 Å². The highest BCUT2D eigenvalue weighted by atomic mass is 79.9. The summed E-state index contributed by atoms with van der Waals surface area (Å²) < 4.78 is 14.3. The Morgan fingerprint density at radius 3 is 2.75 bits per heavy atom. The van der Waals surface area contributed by atoms with E-state index in [2.05, 4.69) is 37.7 Å². The molecular formula is C15H15BrFN3. The van der Waals surface area contributed by atoms with Crippen LogP contribution in [-0.4, -0.2) is 16.5 Å². The molecule has 20 heavy (non-hydrogen) atoms. The lowest BCUT2D eigenvalue weighted by molar-refractivity contribution is 0.524. The van der Waals surface area contributed by atoms with Crippen LogP contribution in [0.1, 0.15) is 24.9 Å². The van der Waals surface area contributed by atoms with Gasteiger partial charge < -0.3 is 4.90 Å². The summed E-state index contributed by atoms with van der Waals surface area (Å²) in [4.78, 5) is 10.9. The van der Waals surface area contributed by atoms with E-state index in [1.165, 1.54) is 6.07 Å². The van der Waals surface area contributed by atoms with Gasteiger partial charge in [0.1, 0.15) is 5.82 Å². The van der Waals surface area contributed by atoms with Crippen molar-refractivity contribution < 1.29 is 4.39 Å². The molecule has 0 bridgehead atoms. The normalized spacial score (nSPS) is 22.2. The van der Waals surface area contributed by atoms with Crippen LogP contribution in [0.3, 0.4) is 0 Å². The number of rotatable bonds is 2. The molecule has 0 radical (unpaired) electrons. The number of hydrogen-bond acceptors (Lipinski definition) is 3. The summed E-state index contributed by atoms with van der Waals surface area (Å²) in [5, 5.41) is 0. The first kappa shape index (κ1) is 13.5. The first-order valence-electron chi connectivity index (χ1n) is 6.65. The summed E-state index contributed by atoms with van der Waals surface area (Å²) in [5.41, 5.74) is 0.988. The van der Waals surface area contributed by atoms with E-state index in [1.807, 2.05) is 6.07 Å². The van der Waals surface area contributed by atoms with Crippen LogP contribution in [0, 0.1) is 11.7 Å². The topological polar surface area (TPSA) is 29.0 Å². The maximum atomic E-state index is 13.5. The van der Waals surface area contributed by atoms with E-state index in [0.29, 0.717) is 11.9 Å². The second-order valence-electron chi connectivity index (χ2n) is 5.16. The van der Waals surface area contributed by atoms with Gasteiger partial charge in [0.25, 0.3) is 0 Å². The molecular weight excluding hydrogens is 321 g/mol. The molecule has 1 aliphatic rings. The summed E-state index contributed by atoms with van der Waals surface area (Å²) in [6.07, 6.45) is 4.54. The number of benzene rings is 1. The van der Waals surface area contributed by atoms with Gasteiger partial charge >= 0.3 is 0 Å². The third-order valence-electron chi connectivity index (χ3n) is 3.75. The van der Waals surface area contributed by atoms with Crippen LogP contribution in [-0.2, 0) is 0 Å². The molecule has 5 heteroatoms. The van der Waals surface area contributed by atoms with Crippen LogP contribution in [0.5, 0.6) is 0 Å². The Hall–Kier alpha value is -1.49. The fourth-order valence-corrected chi connectivity index (χ4v) is 3.03. The molecule has 2 unspecified atom stereocenters. The largest absolute Gasteiger partial charge is 0.334 e. The van der Waals surface area contributed by atoms with Crippen molar-refractivity contribution in [3.8, 4) is 0 Å². The van der Waals surface area contributed by atoms with Gasteiger partial charge in [0, 0.05) is 18.9 Å². The lowest BCUT2D eigenvalue weighted by Gasteiger charge is -2.27. The SMILES string of the molecule is CC1CCN(c2ncc(Br)cn2)C1c1cccc(F)c1. The molecule has 2 aromatic rings. The van der Waals surface area contributed by atoms with Crippen LogP contribution in [0.2, 0.25) is 0 Å². The second-order valence-corrected chi connectivity index (χ2v) is 6.08. The van der Waals surface area contributed by atoms with Crippen molar-refractivity contribution in [1.29, 1.82) is 0 Å². The van der Waals surface area contributed by atoms with E-state index in [-0.39, 0.29) is 11.9 Å². The Labute approximate surface area is 126 Å². The van der Waals surface area contributed by atoms with Crippen LogP contribution in [0.4, 0.5) is 10.3 Å². The van der Waals surface area contributed by atoms with Crippen molar-refractivity contribution in [2.45, 2.75) is 19.4 Å². The van der Waals surface area contributed by atoms with Gasteiger partial charge in [-0.05, 0) is 46.0 Å². The lowest BCUT2D eigenvalue weighted by atomic mass is 9.95. The van der Waals surface area contributed by atoms with Crippen molar-refractivity contribution in [3.05, 3.63) is 52.5 Å². The molecule has 1 aromatic heterocycles. The van der Waals surface area contributed by atoms with Crippen molar-refractivity contribution in [2.24, 2.45) is 5.92 Å². The Morgan fingerprint density at radius 1 is 1.30 bits per heavy atom. The van der Waals surface area contributed by atoms with E-state index in [1.54, 1.807) is 24.5 Å². The van der Waals surface area contributed by atoms with E-state index in [0.717, 1.165) is 23.0 Å². The van der Waals surface area contributed by atoms with E-state index >= 15 is 0 Å². The van der Waals surface area contributed by atoms with E-state index in [4.69, 9.17) is 0 Å². The van der Waals surface area contributed by atoms with Gasteiger partial charge in [-0.3, -0.25) is 0 Å². The van der Waals surface area contributed by atoms with Crippen molar-refractivity contribution in [3.63, 3.8) is 0 Å². The Bertz CT molecular complexity index is 602. The molecule has 0 aliphatic carbocycles. The van der Waals surface area contributed by atoms with Gasteiger partial charge in [-0.15, -0.1) is 0 Å². The molecule has 0 amide bonds. The molecule has 3 nitrogen and oxygen atoms in total. The maximum Gasteiger partial charge on any atom is 0.225 e. The van der Waals surface area contributed by atoms with Crippen molar-refractivity contribution in [1.82, 2.24) is 9.97 Å². The van der Waals surface area contributed by atoms with Gasteiger partial charge in [0.15, 0.2) is 0 Å². The van der Waals surface area contributed by atoms with E-state index in [9.17, 15) is 4.39 Å². The zero-order chi connectivity index (χ0) is 14.1. The van der Waals surface area contributed by atoms with Gasteiger partial charge in [-0.1, -0.05) is 19.1 Å². The molecule has 104 valence electrons. The summed E-state index contributed by atoms with van der Waals surface area (Å²) in [6, 6.07) is 6.95. The highest BCUT2D eigenvalue weighted by molar-refractivity contribution is 9.10. The molecule has 1 saturated heterocycles. The molecule has 1 aromatic carbocycles. The maximum absolute atomic E-state index is 13.5. The Balaban J connectivity index is 1.96. The number of nitrogens with zero attached hydrogens (tertiary/aromatic N) is 3. The smallest absolute Gasteiger partial charge is 0.225 e. The first-order chi connectivity index (χ1) is 9.65. The average molecular weight is 336 g/mol. The Morgan fingerprint density at radius 2 is 2.05 bits per heavy atom. The average Bonchev–Trinajstić information content (AvgIpc) is 2.81. The second kappa shape index (κ2) is 5.48. The van der Waals surface area contributed by atoms with Crippen molar-refractivity contribution >= 4 is 21.9 Å². The summed E-state index contributed by atoms with van der Waals surface area (Å²) in [7, 11) is 0. The number of aromatic nitrogens is 2. The lowest BCUT2D eigenvalue weighted by Crippen LogP contribution is -2.26. The van der Waals surface area contributed by atoms with Gasteiger partial charge in [-0.2, -0.15) is 0 Å². The van der Waals surface area contributed by atoms with E-state index < -0.39 is 0 Å². The highest BCUT2D eigenvalue weighted by Crippen LogP contribution is 2.38. The van der Waals surface area contributed by atoms with Gasteiger partial charge in [0.05, 0.1) is 10.5 Å². The van der Waals surface area contributed by atoms with Crippen LogP contribution < -0.4 is 4.90 Å². The minimum atomic E-state index is -0.196. The predicted molar refractivity (Wildman–Crippen MR) is 80.0 cm³/mol. The number of hydrogen-bond donors (Lipinski definition) is 0. The molecule has 1 fully saturated rings. The zero-order valence-electron chi connectivity index (χ0n) is 11.1. The molecule has 2 heterocycles. The highest BCUT2D eigenvalue weighted by Gasteiger charge is 2.34. The number of halogens is 2. The molecule has 0 spiro atoms. The molecule has 2 atom stereocenters. The summed E-state index contributed by atoms with van der Waals surface area (Å²) in [5.74, 6) is 0.953. The molecule has 0 saturated carbocycles. The third kappa shape index (κ3) is 2.54. The molecule has 1 aliphatic heterocycles. The molecule has 3 rings (SSSR count). The predicted octanol–water partition coefficient (Wildman–Crippen LogP) is 3.97. The quantitative estimate of drug-likeness (QED) is 0.831. The monoisotopic (exact) mass is 335 g/mol. The minimum Gasteiger partial charge on any atom is -0.334 e. The van der Waals surface area contributed by atoms with Gasteiger partial charge in [0.2, 0.25) is 5.95 Å². The fraction of sp³-hybridized carbons (Fsp3) is 0.333. The first-order valence-corrected chi connectivity index (χ1v) is 7.44.